The van der Waals surface area contributed by atoms with E-state index in [0.29, 0.717) is 0 Å². The fraction of sp³-hybridized carbons (Fsp3) is 0.222. The molecule has 0 radical (unpaired) electrons. The minimum Gasteiger partial charge on any atom is -0.492 e. The molecule has 1 unspecified atom stereocenters. The summed E-state index contributed by atoms with van der Waals surface area (Å²) >= 11 is 3.01. The number of carboxylic acids is 1. The van der Waals surface area contributed by atoms with Gasteiger partial charge in [-0.3, -0.25) is 0 Å². The van der Waals surface area contributed by atoms with E-state index in [2.05, 4.69) is 15.9 Å². The molecule has 1 rings (SSSR count). The van der Waals surface area contributed by atoms with Gasteiger partial charge in [-0.15, -0.1) is 0 Å². The quantitative estimate of drug-likeness (QED) is 0.884. The second-order valence-electron chi connectivity index (χ2n) is 2.76. The molecule has 15 heavy (non-hydrogen) atoms. The Morgan fingerprint density at radius 1 is 1.60 bits per heavy atom. The zero-order chi connectivity index (χ0) is 11.6. The molecule has 0 spiro atoms. The lowest BCUT2D eigenvalue weighted by Crippen LogP contribution is -2.11. The van der Waals surface area contributed by atoms with Crippen LogP contribution in [0, 0.1) is 5.82 Å². The monoisotopic (exact) mass is 278 g/mol. The largest absolute Gasteiger partial charge is 0.492 e. The summed E-state index contributed by atoms with van der Waals surface area (Å²) in [5.74, 6) is -2.20. The van der Waals surface area contributed by atoms with Gasteiger partial charge < -0.3 is 14.9 Å². The Hall–Kier alpha value is -1.14. The van der Waals surface area contributed by atoms with Crippen LogP contribution in [0.15, 0.2) is 16.6 Å². The van der Waals surface area contributed by atoms with E-state index in [1.54, 1.807) is 0 Å². The molecule has 0 saturated carbocycles. The summed E-state index contributed by atoms with van der Waals surface area (Å²) in [6.07, 6.45) is -1.75. The summed E-state index contributed by atoms with van der Waals surface area (Å²) in [4.78, 5) is 10.5. The Morgan fingerprint density at radius 2 is 2.20 bits per heavy atom. The number of aliphatic carboxylic acids is 1. The van der Waals surface area contributed by atoms with Gasteiger partial charge in [0, 0.05) is 0 Å². The molecule has 82 valence electrons. The molecule has 0 amide bonds. The van der Waals surface area contributed by atoms with E-state index in [1.807, 2.05) is 0 Å². The molecule has 0 saturated heterocycles. The molecule has 1 aromatic rings. The topological polar surface area (TPSA) is 66.8 Å². The first-order valence-corrected chi connectivity index (χ1v) is 4.70. The van der Waals surface area contributed by atoms with Crippen LogP contribution in [0.5, 0.6) is 5.75 Å². The van der Waals surface area contributed by atoms with Crippen molar-refractivity contribution in [3.63, 3.8) is 0 Å². The van der Waals surface area contributed by atoms with E-state index in [9.17, 15) is 14.3 Å². The molecule has 0 fully saturated rings. The number of hydrogen-bond acceptors (Lipinski definition) is 3. The van der Waals surface area contributed by atoms with Crippen molar-refractivity contribution >= 4 is 21.9 Å². The Balaban J connectivity index is 3.19. The fourth-order valence-corrected chi connectivity index (χ4v) is 1.69. The van der Waals surface area contributed by atoms with Crippen LogP contribution in [0.2, 0.25) is 0 Å². The number of halogens is 2. The molecule has 1 aromatic carbocycles. The SMILES string of the molecule is COc1c(F)cc(C(O)C(=O)O)cc1Br. The molecule has 0 heterocycles. The van der Waals surface area contributed by atoms with Crippen LogP contribution in [0.25, 0.3) is 0 Å². The lowest BCUT2D eigenvalue weighted by molar-refractivity contribution is -0.146. The summed E-state index contributed by atoms with van der Waals surface area (Å²) < 4.78 is 18.2. The second-order valence-corrected chi connectivity index (χ2v) is 3.61. The van der Waals surface area contributed by atoms with E-state index in [-0.39, 0.29) is 15.8 Å². The minimum absolute atomic E-state index is 0.0312. The van der Waals surface area contributed by atoms with Gasteiger partial charge in [0.05, 0.1) is 11.6 Å². The van der Waals surface area contributed by atoms with Crippen LogP contribution in [-0.2, 0) is 4.79 Å². The van der Waals surface area contributed by atoms with Gasteiger partial charge >= 0.3 is 5.97 Å². The third kappa shape index (κ3) is 2.45. The Bertz CT molecular complexity index is 371. The van der Waals surface area contributed by atoms with Crippen molar-refractivity contribution < 1.29 is 24.1 Å². The number of aliphatic hydroxyl groups excluding tert-OH is 1. The van der Waals surface area contributed by atoms with E-state index >= 15 is 0 Å². The fourth-order valence-electron chi connectivity index (χ4n) is 1.07. The lowest BCUT2D eigenvalue weighted by atomic mass is 10.1. The summed E-state index contributed by atoms with van der Waals surface area (Å²) in [5.41, 5.74) is -0.0484. The van der Waals surface area contributed by atoms with Crippen molar-refractivity contribution in [2.75, 3.05) is 7.11 Å². The van der Waals surface area contributed by atoms with Crippen LogP contribution < -0.4 is 4.74 Å². The van der Waals surface area contributed by atoms with Gasteiger partial charge in [-0.25, -0.2) is 9.18 Å². The predicted octanol–water partition coefficient (Wildman–Crippen LogP) is 1.71. The van der Waals surface area contributed by atoms with Crippen molar-refractivity contribution in [2.24, 2.45) is 0 Å². The molecule has 0 aliphatic carbocycles. The smallest absolute Gasteiger partial charge is 0.337 e. The average molecular weight is 279 g/mol. The predicted molar refractivity (Wildman–Crippen MR) is 53.2 cm³/mol. The second kappa shape index (κ2) is 4.59. The van der Waals surface area contributed by atoms with Crippen molar-refractivity contribution in [1.82, 2.24) is 0 Å². The normalized spacial score (nSPS) is 12.3. The van der Waals surface area contributed by atoms with Crippen LogP contribution in [0.1, 0.15) is 11.7 Å². The Labute approximate surface area is 93.4 Å². The van der Waals surface area contributed by atoms with Crippen molar-refractivity contribution in [1.29, 1.82) is 0 Å². The number of aliphatic hydroxyl groups is 1. The first-order valence-electron chi connectivity index (χ1n) is 3.91. The van der Waals surface area contributed by atoms with Gasteiger partial charge in [-0.1, -0.05) is 0 Å². The molecule has 1 atom stereocenters. The summed E-state index contributed by atoms with van der Waals surface area (Å²) in [7, 11) is 1.29. The first-order chi connectivity index (χ1) is 6.97. The highest BCUT2D eigenvalue weighted by atomic mass is 79.9. The van der Waals surface area contributed by atoms with Crippen LogP contribution in [0.3, 0.4) is 0 Å². The number of carbonyl (C=O) groups is 1. The minimum atomic E-state index is -1.75. The number of carboxylic acid groups (broad SMARTS) is 1. The highest BCUT2D eigenvalue weighted by Crippen LogP contribution is 2.31. The zero-order valence-corrected chi connectivity index (χ0v) is 9.28. The molecule has 4 nitrogen and oxygen atoms in total. The average Bonchev–Trinajstić information content (AvgIpc) is 2.15. The lowest BCUT2D eigenvalue weighted by Gasteiger charge is -2.10. The highest BCUT2D eigenvalue weighted by Gasteiger charge is 2.19. The number of ether oxygens (including phenoxy) is 1. The number of benzene rings is 1. The van der Waals surface area contributed by atoms with Crippen molar-refractivity contribution in [3.8, 4) is 5.75 Å². The molecule has 0 aromatic heterocycles. The first kappa shape index (κ1) is 11.9. The molecule has 0 bridgehead atoms. The maximum atomic E-state index is 13.3. The third-order valence-electron chi connectivity index (χ3n) is 1.77. The standard InChI is InChI=1S/C9H8BrFO4/c1-15-8-5(10)2-4(3-6(8)11)7(12)9(13)14/h2-3,7,12H,1H3,(H,13,14). The van der Waals surface area contributed by atoms with E-state index in [0.717, 1.165) is 6.07 Å². The Morgan fingerprint density at radius 3 is 2.60 bits per heavy atom. The molecule has 2 N–H and O–H groups in total. The van der Waals surface area contributed by atoms with Gasteiger partial charge in [-0.05, 0) is 33.6 Å². The van der Waals surface area contributed by atoms with Crippen molar-refractivity contribution in [3.05, 3.63) is 28.0 Å². The maximum Gasteiger partial charge on any atom is 0.337 e. The zero-order valence-electron chi connectivity index (χ0n) is 7.70. The highest BCUT2D eigenvalue weighted by molar-refractivity contribution is 9.10. The number of hydrogen-bond donors (Lipinski definition) is 2. The van der Waals surface area contributed by atoms with Gasteiger partial charge in [0.25, 0.3) is 0 Å². The molecular weight excluding hydrogens is 271 g/mol. The van der Waals surface area contributed by atoms with Gasteiger partial charge in [0.2, 0.25) is 0 Å². The summed E-state index contributed by atoms with van der Waals surface area (Å²) in [6.45, 7) is 0. The Kier molecular flexibility index (Phi) is 3.65. The van der Waals surface area contributed by atoms with E-state index in [4.69, 9.17) is 9.84 Å². The van der Waals surface area contributed by atoms with Gasteiger partial charge in [0.15, 0.2) is 17.7 Å². The van der Waals surface area contributed by atoms with Gasteiger partial charge in [0.1, 0.15) is 0 Å². The molecule has 6 heteroatoms. The van der Waals surface area contributed by atoms with Crippen molar-refractivity contribution in [2.45, 2.75) is 6.10 Å². The summed E-state index contributed by atoms with van der Waals surface area (Å²) in [5, 5.41) is 17.7. The summed E-state index contributed by atoms with van der Waals surface area (Å²) in [6, 6.07) is 2.21. The van der Waals surface area contributed by atoms with Crippen LogP contribution >= 0.6 is 15.9 Å². The third-order valence-corrected chi connectivity index (χ3v) is 2.36. The molecule has 0 aliphatic heterocycles. The number of methoxy groups -OCH3 is 1. The molecular formula is C9H8BrFO4. The van der Waals surface area contributed by atoms with E-state index in [1.165, 1.54) is 13.2 Å². The maximum absolute atomic E-state index is 13.3. The van der Waals surface area contributed by atoms with Crippen LogP contribution in [0.4, 0.5) is 4.39 Å². The van der Waals surface area contributed by atoms with E-state index < -0.39 is 17.9 Å². The molecule has 0 aliphatic rings. The number of rotatable bonds is 3. The van der Waals surface area contributed by atoms with Gasteiger partial charge in [-0.2, -0.15) is 0 Å². The van der Waals surface area contributed by atoms with Crippen LogP contribution in [-0.4, -0.2) is 23.3 Å².